The molecule has 0 fully saturated rings. The van der Waals surface area contributed by atoms with Crippen LogP contribution in [-0.2, 0) is 15.5 Å². The van der Waals surface area contributed by atoms with Crippen molar-refractivity contribution in [2.45, 2.75) is 13.3 Å². The molecule has 0 unspecified atom stereocenters. The molecule has 1 aliphatic heterocycles. The summed E-state index contributed by atoms with van der Waals surface area (Å²) in [6, 6.07) is 10.3. The monoisotopic (exact) mass is 248 g/mol. The summed E-state index contributed by atoms with van der Waals surface area (Å²) in [6.45, 7) is 2.39. The molecule has 0 radical (unpaired) electrons. The highest BCUT2D eigenvalue weighted by Gasteiger charge is 2.22. The molecule has 0 amide bonds. The van der Waals surface area contributed by atoms with E-state index in [4.69, 9.17) is 4.52 Å². The smallest absolute Gasteiger partial charge is 0.246 e. The second-order valence-electron chi connectivity index (χ2n) is 4.21. The normalized spacial score (nSPS) is 28.6. The first-order chi connectivity index (χ1) is 8.22. The van der Waals surface area contributed by atoms with Crippen LogP contribution < -0.4 is 0 Å². The number of allylic oxidation sites excluding steroid dienone is 1. The Balaban J connectivity index is 2.01. The first kappa shape index (κ1) is 12.3. The SMILES string of the molecule is C/C=C/[P@]1(=O)C=C[C@H](Cc2ccccc2)CO1. The molecule has 0 saturated carbocycles. The average Bonchev–Trinajstić information content (AvgIpc) is 2.34. The molecular formula is C14H17O2P. The van der Waals surface area contributed by atoms with Gasteiger partial charge in [-0.25, -0.2) is 0 Å². The Kier molecular flexibility index (Phi) is 3.98. The highest BCUT2D eigenvalue weighted by atomic mass is 31.2. The van der Waals surface area contributed by atoms with Crippen molar-refractivity contribution in [1.29, 1.82) is 0 Å². The van der Waals surface area contributed by atoms with Crippen molar-refractivity contribution >= 4 is 7.37 Å². The maximum Gasteiger partial charge on any atom is 0.246 e. The lowest BCUT2D eigenvalue weighted by molar-refractivity contribution is 0.276. The molecule has 2 rings (SSSR count). The van der Waals surface area contributed by atoms with Crippen LogP contribution in [0.1, 0.15) is 12.5 Å². The zero-order valence-corrected chi connectivity index (χ0v) is 10.8. The Hall–Kier alpha value is -1.11. The van der Waals surface area contributed by atoms with Gasteiger partial charge in [0, 0.05) is 17.6 Å². The quantitative estimate of drug-likeness (QED) is 0.749. The molecule has 90 valence electrons. The van der Waals surface area contributed by atoms with Gasteiger partial charge in [-0.3, -0.25) is 4.57 Å². The van der Waals surface area contributed by atoms with Crippen molar-refractivity contribution in [3.05, 3.63) is 59.7 Å². The molecule has 0 spiro atoms. The third-order valence-corrected chi connectivity index (χ3v) is 4.61. The molecule has 1 aromatic rings. The van der Waals surface area contributed by atoms with E-state index < -0.39 is 7.37 Å². The van der Waals surface area contributed by atoms with Gasteiger partial charge in [0.15, 0.2) is 0 Å². The molecule has 3 heteroatoms. The fourth-order valence-electron chi connectivity index (χ4n) is 1.90. The summed E-state index contributed by atoms with van der Waals surface area (Å²) in [5.41, 5.74) is 1.29. The summed E-state index contributed by atoms with van der Waals surface area (Å²) >= 11 is 0. The molecule has 0 N–H and O–H groups in total. The predicted molar refractivity (Wildman–Crippen MR) is 71.1 cm³/mol. The highest BCUT2D eigenvalue weighted by molar-refractivity contribution is 7.65. The van der Waals surface area contributed by atoms with Crippen LogP contribution in [0.2, 0.25) is 0 Å². The van der Waals surface area contributed by atoms with Gasteiger partial charge in [0.1, 0.15) is 0 Å². The van der Waals surface area contributed by atoms with Gasteiger partial charge in [0.05, 0.1) is 6.61 Å². The molecular weight excluding hydrogens is 231 g/mol. The molecule has 1 aromatic carbocycles. The van der Waals surface area contributed by atoms with Crippen molar-refractivity contribution in [3.63, 3.8) is 0 Å². The van der Waals surface area contributed by atoms with Gasteiger partial charge < -0.3 is 4.52 Å². The summed E-state index contributed by atoms with van der Waals surface area (Å²) in [6.07, 6.45) is 4.74. The second kappa shape index (κ2) is 5.48. The van der Waals surface area contributed by atoms with Crippen LogP contribution in [0, 0.1) is 5.92 Å². The van der Waals surface area contributed by atoms with Crippen LogP contribution in [-0.4, -0.2) is 6.61 Å². The fraction of sp³-hybridized carbons (Fsp3) is 0.286. The van der Waals surface area contributed by atoms with Gasteiger partial charge in [-0.1, -0.05) is 42.5 Å². The molecule has 2 nitrogen and oxygen atoms in total. The Labute approximate surface area is 102 Å². The van der Waals surface area contributed by atoms with Crippen LogP contribution in [0.4, 0.5) is 0 Å². The standard InChI is InChI=1S/C14H17O2P/c1-2-9-17(15)10-8-14(12-16-17)11-13-6-4-3-5-7-13/h2-10,14H,11-12H2,1H3/b9-2+/t14-,17-/m1/s1. The van der Waals surface area contributed by atoms with E-state index in [1.165, 1.54) is 5.56 Å². The van der Waals surface area contributed by atoms with E-state index in [-0.39, 0.29) is 0 Å². The van der Waals surface area contributed by atoms with Crippen LogP contribution in [0.15, 0.2) is 54.1 Å². The zero-order valence-electron chi connectivity index (χ0n) is 9.95. The van der Waals surface area contributed by atoms with Gasteiger partial charge in [-0.15, -0.1) is 0 Å². The van der Waals surface area contributed by atoms with E-state index >= 15 is 0 Å². The molecule has 1 aliphatic rings. The Morgan fingerprint density at radius 2 is 2.18 bits per heavy atom. The van der Waals surface area contributed by atoms with Gasteiger partial charge in [-0.05, 0) is 18.9 Å². The highest BCUT2D eigenvalue weighted by Crippen LogP contribution is 2.53. The van der Waals surface area contributed by atoms with Crippen molar-refractivity contribution in [3.8, 4) is 0 Å². The van der Waals surface area contributed by atoms with Gasteiger partial charge in [-0.2, -0.15) is 0 Å². The van der Waals surface area contributed by atoms with Gasteiger partial charge in [0.2, 0.25) is 7.37 Å². The molecule has 0 aliphatic carbocycles. The first-order valence-electron chi connectivity index (χ1n) is 5.83. The second-order valence-corrected chi connectivity index (χ2v) is 6.36. The van der Waals surface area contributed by atoms with E-state index in [9.17, 15) is 4.57 Å². The summed E-state index contributed by atoms with van der Waals surface area (Å²) in [7, 11) is -2.62. The minimum absolute atomic E-state index is 0.324. The summed E-state index contributed by atoms with van der Waals surface area (Å²) in [4.78, 5) is 0. The predicted octanol–water partition coefficient (Wildman–Crippen LogP) is 4.20. The summed E-state index contributed by atoms with van der Waals surface area (Å²) in [5.74, 6) is 3.71. The summed E-state index contributed by atoms with van der Waals surface area (Å²) < 4.78 is 17.5. The van der Waals surface area contributed by atoms with Crippen LogP contribution in [0.3, 0.4) is 0 Å². The number of hydrogen-bond acceptors (Lipinski definition) is 2. The molecule has 0 aromatic heterocycles. The minimum Gasteiger partial charge on any atom is -0.322 e. The van der Waals surface area contributed by atoms with Gasteiger partial charge in [0.25, 0.3) is 0 Å². The third-order valence-electron chi connectivity index (χ3n) is 2.75. The minimum atomic E-state index is -2.62. The van der Waals surface area contributed by atoms with Crippen LogP contribution >= 0.6 is 7.37 Å². The van der Waals surface area contributed by atoms with Crippen molar-refractivity contribution in [2.24, 2.45) is 5.92 Å². The fourth-order valence-corrected chi connectivity index (χ4v) is 3.49. The van der Waals surface area contributed by atoms with E-state index in [1.807, 2.05) is 31.2 Å². The van der Waals surface area contributed by atoms with Crippen molar-refractivity contribution < 1.29 is 9.09 Å². The average molecular weight is 248 g/mol. The number of hydrogen-bond donors (Lipinski definition) is 0. The molecule has 0 bridgehead atoms. The number of benzene rings is 1. The third kappa shape index (κ3) is 3.42. The van der Waals surface area contributed by atoms with E-state index in [2.05, 4.69) is 12.1 Å². The zero-order chi connectivity index (χ0) is 12.1. The lowest BCUT2D eigenvalue weighted by Gasteiger charge is -2.21. The maximum absolute atomic E-state index is 12.0. The maximum atomic E-state index is 12.0. The van der Waals surface area contributed by atoms with E-state index in [0.29, 0.717) is 12.5 Å². The van der Waals surface area contributed by atoms with Crippen molar-refractivity contribution in [2.75, 3.05) is 6.61 Å². The van der Waals surface area contributed by atoms with Crippen LogP contribution in [0.5, 0.6) is 0 Å². The Morgan fingerprint density at radius 1 is 1.41 bits per heavy atom. The largest absolute Gasteiger partial charge is 0.322 e. The van der Waals surface area contributed by atoms with Gasteiger partial charge >= 0.3 is 0 Å². The van der Waals surface area contributed by atoms with Crippen molar-refractivity contribution in [1.82, 2.24) is 0 Å². The Morgan fingerprint density at radius 3 is 2.76 bits per heavy atom. The lowest BCUT2D eigenvalue weighted by Crippen LogP contribution is -2.12. The molecule has 17 heavy (non-hydrogen) atoms. The Bertz CT molecular complexity index is 462. The topological polar surface area (TPSA) is 26.3 Å². The molecule has 0 saturated heterocycles. The molecule has 1 heterocycles. The van der Waals surface area contributed by atoms with E-state index in [1.54, 1.807) is 17.7 Å². The number of rotatable bonds is 3. The lowest BCUT2D eigenvalue weighted by atomic mass is 10.0. The van der Waals surface area contributed by atoms with Crippen LogP contribution in [0.25, 0.3) is 0 Å². The van der Waals surface area contributed by atoms with E-state index in [0.717, 1.165) is 6.42 Å². The summed E-state index contributed by atoms with van der Waals surface area (Å²) in [5, 5.41) is 0. The molecule has 2 atom stereocenters. The first-order valence-corrected chi connectivity index (χ1v) is 7.59.